The van der Waals surface area contributed by atoms with E-state index in [-0.39, 0.29) is 6.67 Å². The van der Waals surface area contributed by atoms with E-state index in [2.05, 4.69) is 29.4 Å². The van der Waals surface area contributed by atoms with Gasteiger partial charge in [-0.3, -0.25) is 0 Å². The summed E-state index contributed by atoms with van der Waals surface area (Å²) in [5.41, 5.74) is 1.31. The molecule has 0 saturated heterocycles. The molecule has 1 N–H and O–H groups in total. The van der Waals surface area contributed by atoms with Crippen LogP contribution in [0.15, 0.2) is 30.3 Å². The number of alkyl halides is 1. The average molecular weight is 210 g/mol. The summed E-state index contributed by atoms with van der Waals surface area (Å²) in [6, 6.07) is 10.3. The van der Waals surface area contributed by atoms with Gasteiger partial charge in [0.25, 0.3) is 0 Å². The van der Waals surface area contributed by atoms with Gasteiger partial charge in [-0.05, 0) is 12.6 Å². The second kappa shape index (κ2) is 7.37. The van der Waals surface area contributed by atoms with Gasteiger partial charge in [0.1, 0.15) is 6.67 Å². The van der Waals surface area contributed by atoms with E-state index < -0.39 is 0 Å². The Kier molecular flexibility index (Phi) is 5.97. The number of nitrogens with zero attached hydrogens (tertiary/aromatic N) is 1. The Morgan fingerprint density at radius 3 is 2.60 bits per heavy atom. The minimum atomic E-state index is -0.289. The van der Waals surface area contributed by atoms with Crippen LogP contribution in [0, 0.1) is 0 Å². The summed E-state index contributed by atoms with van der Waals surface area (Å²) in [6.45, 7) is 2.89. The summed E-state index contributed by atoms with van der Waals surface area (Å²) in [5.74, 6) is 0. The number of rotatable bonds is 7. The molecule has 0 fully saturated rings. The van der Waals surface area contributed by atoms with E-state index in [1.54, 1.807) is 0 Å². The molecule has 15 heavy (non-hydrogen) atoms. The van der Waals surface area contributed by atoms with Crippen LogP contribution in [0.5, 0.6) is 0 Å². The Morgan fingerprint density at radius 2 is 1.93 bits per heavy atom. The lowest BCUT2D eigenvalue weighted by atomic mass is 10.2. The predicted molar refractivity (Wildman–Crippen MR) is 61.6 cm³/mol. The quantitative estimate of drug-likeness (QED) is 0.689. The van der Waals surface area contributed by atoms with Crippen LogP contribution in [-0.2, 0) is 6.54 Å². The van der Waals surface area contributed by atoms with Gasteiger partial charge in [0.05, 0.1) is 0 Å². The van der Waals surface area contributed by atoms with Crippen LogP contribution in [0.2, 0.25) is 0 Å². The maximum absolute atomic E-state index is 11.8. The Hall–Kier alpha value is -0.930. The Balaban J connectivity index is 2.16. The second-order valence-electron chi connectivity index (χ2n) is 3.66. The zero-order chi connectivity index (χ0) is 10.9. The number of hydrogen-bond acceptors (Lipinski definition) is 2. The van der Waals surface area contributed by atoms with Gasteiger partial charge >= 0.3 is 0 Å². The minimum Gasteiger partial charge on any atom is -0.313 e. The van der Waals surface area contributed by atoms with Crippen molar-refractivity contribution in [2.24, 2.45) is 0 Å². The van der Waals surface area contributed by atoms with Crippen LogP contribution < -0.4 is 5.32 Å². The van der Waals surface area contributed by atoms with Crippen LogP contribution in [0.25, 0.3) is 0 Å². The lowest BCUT2D eigenvalue weighted by Gasteiger charge is -2.16. The zero-order valence-corrected chi connectivity index (χ0v) is 9.25. The van der Waals surface area contributed by atoms with Crippen molar-refractivity contribution in [3.8, 4) is 0 Å². The molecule has 0 bridgehead atoms. The molecule has 0 radical (unpaired) electrons. The van der Waals surface area contributed by atoms with Crippen LogP contribution >= 0.6 is 0 Å². The van der Waals surface area contributed by atoms with Crippen LogP contribution in [0.1, 0.15) is 5.56 Å². The van der Waals surface area contributed by atoms with E-state index in [9.17, 15) is 4.39 Å². The largest absolute Gasteiger partial charge is 0.313 e. The van der Waals surface area contributed by atoms with Gasteiger partial charge in [-0.2, -0.15) is 0 Å². The summed E-state index contributed by atoms with van der Waals surface area (Å²) >= 11 is 0. The number of hydrogen-bond donors (Lipinski definition) is 1. The number of halogens is 1. The summed E-state index contributed by atoms with van der Waals surface area (Å²) in [4.78, 5) is 2.22. The number of likely N-dealkylation sites (N-methyl/N-ethyl adjacent to an activating group) is 1. The molecule has 3 heteroatoms. The molecule has 0 unspecified atom stereocenters. The first-order valence-electron chi connectivity index (χ1n) is 5.32. The van der Waals surface area contributed by atoms with Crippen molar-refractivity contribution in [1.82, 2.24) is 10.2 Å². The van der Waals surface area contributed by atoms with Crippen molar-refractivity contribution in [3.63, 3.8) is 0 Å². The summed E-state index contributed by atoms with van der Waals surface area (Å²) in [5, 5.41) is 3.04. The van der Waals surface area contributed by atoms with Crippen LogP contribution in [-0.4, -0.2) is 38.3 Å². The van der Waals surface area contributed by atoms with Crippen molar-refractivity contribution < 1.29 is 4.39 Å². The first kappa shape index (κ1) is 12.1. The van der Waals surface area contributed by atoms with Crippen molar-refractivity contribution >= 4 is 0 Å². The lowest BCUT2D eigenvalue weighted by Crippen LogP contribution is -2.29. The van der Waals surface area contributed by atoms with Crippen LogP contribution in [0.4, 0.5) is 4.39 Å². The minimum absolute atomic E-state index is 0.289. The van der Waals surface area contributed by atoms with E-state index in [0.717, 1.165) is 19.6 Å². The molecular formula is C12H19FN2. The van der Waals surface area contributed by atoms with Crippen molar-refractivity contribution in [2.75, 3.05) is 33.4 Å². The fraction of sp³-hybridized carbons (Fsp3) is 0.500. The number of benzene rings is 1. The highest BCUT2D eigenvalue weighted by molar-refractivity contribution is 5.14. The SMILES string of the molecule is CN(CCNCCF)Cc1ccccc1. The highest BCUT2D eigenvalue weighted by Gasteiger charge is 1.98. The summed E-state index contributed by atoms with van der Waals surface area (Å²) in [7, 11) is 2.07. The molecular weight excluding hydrogens is 191 g/mol. The Labute approximate surface area is 91.1 Å². The van der Waals surface area contributed by atoms with Gasteiger partial charge in [-0.1, -0.05) is 30.3 Å². The van der Waals surface area contributed by atoms with Gasteiger partial charge in [-0.25, -0.2) is 4.39 Å². The Morgan fingerprint density at radius 1 is 1.20 bits per heavy atom. The maximum Gasteiger partial charge on any atom is 0.102 e. The van der Waals surface area contributed by atoms with E-state index in [1.165, 1.54) is 5.56 Å². The van der Waals surface area contributed by atoms with Crippen molar-refractivity contribution in [3.05, 3.63) is 35.9 Å². The highest BCUT2D eigenvalue weighted by Crippen LogP contribution is 2.01. The van der Waals surface area contributed by atoms with Gasteiger partial charge in [0, 0.05) is 26.2 Å². The monoisotopic (exact) mass is 210 g/mol. The fourth-order valence-electron chi connectivity index (χ4n) is 1.44. The first-order valence-corrected chi connectivity index (χ1v) is 5.32. The molecule has 84 valence electrons. The second-order valence-corrected chi connectivity index (χ2v) is 3.66. The average Bonchev–Trinajstić information content (AvgIpc) is 2.26. The van der Waals surface area contributed by atoms with Crippen molar-refractivity contribution in [1.29, 1.82) is 0 Å². The molecule has 1 rings (SSSR count). The van der Waals surface area contributed by atoms with E-state index >= 15 is 0 Å². The molecule has 0 spiro atoms. The highest BCUT2D eigenvalue weighted by atomic mass is 19.1. The maximum atomic E-state index is 11.8. The van der Waals surface area contributed by atoms with E-state index in [4.69, 9.17) is 0 Å². The molecule has 0 aliphatic carbocycles. The smallest absolute Gasteiger partial charge is 0.102 e. The molecule has 0 aliphatic rings. The lowest BCUT2D eigenvalue weighted by molar-refractivity contribution is 0.321. The third kappa shape index (κ3) is 5.50. The third-order valence-corrected chi connectivity index (χ3v) is 2.24. The standard InChI is InChI=1S/C12H19FN2/c1-15(10-9-14-8-7-13)11-12-5-3-2-4-6-12/h2-6,14H,7-11H2,1H3. The third-order valence-electron chi connectivity index (χ3n) is 2.24. The molecule has 0 heterocycles. The molecule has 0 aliphatic heterocycles. The molecule has 0 atom stereocenters. The number of nitrogens with one attached hydrogen (secondary N) is 1. The predicted octanol–water partition coefficient (Wildman–Crippen LogP) is 1.68. The summed E-state index contributed by atoms with van der Waals surface area (Å²) in [6.07, 6.45) is 0. The topological polar surface area (TPSA) is 15.3 Å². The zero-order valence-electron chi connectivity index (χ0n) is 9.25. The van der Waals surface area contributed by atoms with Gasteiger partial charge in [0.15, 0.2) is 0 Å². The summed E-state index contributed by atoms with van der Waals surface area (Å²) < 4.78 is 11.8. The first-order chi connectivity index (χ1) is 7.33. The van der Waals surface area contributed by atoms with E-state index in [0.29, 0.717) is 6.54 Å². The molecule has 0 amide bonds. The molecule has 1 aromatic rings. The normalized spacial score (nSPS) is 10.9. The molecule has 0 saturated carbocycles. The van der Waals surface area contributed by atoms with Gasteiger partial charge < -0.3 is 10.2 Å². The van der Waals surface area contributed by atoms with Crippen molar-refractivity contribution in [2.45, 2.75) is 6.54 Å². The Bertz CT molecular complexity index is 251. The van der Waals surface area contributed by atoms with Crippen LogP contribution in [0.3, 0.4) is 0 Å². The fourth-order valence-corrected chi connectivity index (χ4v) is 1.44. The van der Waals surface area contributed by atoms with E-state index in [1.807, 2.05) is 18.2 Å². The molecule has 1 aromatic carbocycles. The van der Waals surface area contributed by atoms with Gasteiger partial charge in [-0.15, -0.1) is 0 Å². The molecule has 2 nitrogen and oxygen atoms in total. The van der Waals surface area contributed by atoms with Gasteiger partial charge in [0.2, 0.25) is 0 Å². The molecule has 0 aromatic heterocycles.